The van der Waals surface area contributed by atoms with Crippen molar-refractivity contribution in [3.8, 4) is 0 Å². The summed E-state index contributed by atoms with van der Waals surface area (Å²) in [6.07, 6.45) is 1.82. The summed E-state index contributed by atoms with van der Waals surface area (Å²) < 4.78 is 0. The zero-order chi connectivity index (χ0) is 15.9. The average Bonchev–Trinajstić information content (AvgIpc) is 2.97. The minimum atomic E-state index is -0.928. The van der Waals surface area contributed by atoms with Gasteiger partial charge in [0.25, 0.3) is 0 Å². The van der Waals surface area contributed by atoms with Gasteiger partial charge in [-0.1, -0.05) is 0 Å². The van der Waals surface area contributed by atoms with Gasteiger partial charge in [-0.25, -0.2) is 9.97 Å². The van der Waals surface area contributed by atoms with E-state index in [1.54, 1.807) is 20.0 Å². The predicted octanol–water partition coefficient (Wildman–Crippen LogP) is 1.18. The number of nitrogens with zero attached hydrogens (tertiary/aromatic N) is 2. The van der Waals surface area contributed by atoms with Crippen molar-refractivity contribution in [2.24, 2.45) is 0 Å². The molecule has 0 fully saturated rings. The second-order valence-electron chi connectivity index (χ2n) is 6.18. The van der Waals surface area contributed by atoms with Crippen LogP contribution in [0.1, 0.15) is 25.4 Å². The lowest BCUT2D eigenvalue weighted by molar-refractivity contribution is -0.121. The molecule has 0 radical (unpaired) electrons. The summed E-state index contributed by atoms with van der Waals surface area (Å²) in [5.74, 6) is 0.395. The number of imidazole rings is 1. The lowest BCUT2D eigenvalue weighted by Crippen LogP contribution is -2.38. The first-order valence-electron chi connectivity index (χ1n) is 7.14. The number of hydrogen-bond donors (Lipinski definition) is 4. The number of hydrogen-bond acceptors (Lipinski definition) is 4. The second kappa shape index (κ2) is 5.10. The fraction of sp³-hybridized carbons (Fsp3) is 0.400. The summed E-state index contributed by atoms with van der Waals surface area (Å²) in [5.41, 5.74) is 2.50. The molecule has 3 heterocycles. The normalized spacial score (nSPS) is 12.2. The zero-order valence-electron chi connectivity index (χ0n) is 12.8. The highest BCUT2D eigenvalue weighted by molar-refractivity contribution is 6.01. The molecule has 0 saturated carbocycles. The third-order valence-corrected chi connectivity index (χ3v) is 3.34. The van der Waals surface area contributed by atoms with Crippen LogP contribution in [0.5, 0.6) is 0 Å². The molecule has 3 aromatic rings. The second-order valence-corrected chi connectivity index (χ2v) is 6.18. The smallest absolute Gasteiger partial charge is 0.227 e. The standard InChI is InChI=1S/C15H19N5O2/c1-8-4-9-13-10(6-16-14(9)18-8)19-11(20-13)5-12(21)17-7-15(2,3)22/h4,6,22H,5,7H2,1-3H3,(H,16,18)(H,17,21)(H,19,20). The summed E-state index contributed by atoms with van der Waals surface area (Å²) in [7, 11) is 0. The molecule has 0 aliphatic heterocycles. The largest absolute Gasteiger partial charge is 0.389 e. The molecule has 0 aliphatic carbocycles. The molecule has 1 amide bonds. The Balaban J connectivity index is 1.83. The fourth-order valence-electron chi connectivity index (χ4n) is 2.34. The number of aryl methyl sites for hydroxylation is 1. The Kier molecular flexibility index (Phi) is 3.37. The predicted molar refractivity (Wildman–Crippen MR) is 83.5 cm³/mol. The van der Waals surface area contributed by atoms with Gasteiger partial charge >= 0.3 is 0 Å². The maximum Gasteiger partial charge on any atom is 0.227 e. The van der Waals surface area contributed by atoms with Gasteiger partial charge in [-0.05, 0) is 26.8 Å². The van der Waals surface area contributed by atoms with Crippen molar-refractivity contribution >= 4 is 28.0 Å². The summed E-state index contributed by atoms with van der Waals surface area (Å²) in [5, 5.41) is 13.3. The number of nitrogens with one attached hydrogen (secondary N) is 3. The van der Waals surface area contributed by atoms with E-state index in [1.165, 1.54) is 0 Å². The third-order valence-electron chi connectivity index (χ3n) is 3.34. The van der Waals surface area contributed by atoms with E-state index >= 15 is 0 Å². The van der Waals surface area contributed by atoms with Crippen molar-refractivity contribution in [2.45, 2.75) is 32.8 Å². The molecule has 0 atom stereocenters. The van der Waals surface area contributed by atoms with Crippen LogP contribution < -0.4 is 5.32 Å². The van der Waals surface area contributed by atoms with Crippen LogP contribution in [-0.4, -0.2) is 43.1 Å². The van der Waals surface area contributed by atoms with Crippen LogP contribution in [0.2, 0.25) is 0 Å². The Morgan fingerprint density at radius 2 is 2.18 bits per heavy atom. The fourth-order valence-corrected chi connectivity index (χ4v) is 2.34. The number of carbonyl (C=O) groups excluding carboxylic acids is 1. The van der Waals surface area contributed by atoms with Crippen LogP contribution >= 0.6 is 0 Å². The van der Waals surface area contributed by atoms with E-state index in [4.69, 9.17) is 0 Å². The number of aromatic amines is 2. The molecule has 0 aromatic carbocycles. The summed E-state index contributed by atoms with van der Waals surface area (Å²) >= 11 is 0. The van der Waals surface area contributed by atoms with Crippen LogP contribution in [0.3, 0.4) is 0 Å². The van der Waals surface area contributed by atoms with Crippen molar-refractivity contribution < 1.29 is 9.90 Å². The molecule has 3 aromatic heterocycles. The van der Waals surface area contributed by atoms with E-state index in [-0.39, 0.29) is 18.9 Å². The molecular weight excluding hydrogens is 282 g/mol. The lowest BCUT2D eigenvalue weighted by atomic mass is 10.1. The maximum atomic E-state index is 11.9. The van der Waals surface area contributed by atoms with E-state index in [9.17, 15) is 9.90 Å². The number of rotatable bonds is 4. The molecule has 0 spiro atoms. The van der Waals surface area contributed by atoms with E-state index < -0.39 is 5.60 Å². The first-order valence-corrected chi connectivity index (χ1v) is 7.14. The SMILES string of the molecule is Cc1cc2c(ncc3nc(CC(=O)NCC(C)(C)O)[nH]c32)[nH]1. The Hall–Kier alpha value is -2.41. The van der Waals surface area contributed by atoms with E-state index in [0.29, 0.717) is 5.82 Å². The van der Waals surface area contributed by atoms with Crippen molar-refractivity contribution in [1.82, 2.24) is 25.3 Å². The molecule has 7 heteroatoms. The minimum Gasteiger partial charge on any atom is -0.389 e. The third kappa shape index (κ3) is 2.94. The van der Waals surface area contributed by atoms with Crippen LogP contribution in [0, 0.1) is 6.92 Å². The number of carbonyl (C=O) groups is 1. The van der Waals surface area contributed by atoms with Gasteiger partial charge in [0, 0.05) is 17.6 Å². The first-order chi connectivity index (χ1) is 10.3. The summed E-state index contributed by atoms with van der Waals surface area (Å²) in [4.78, 5) is 27.0. The van der Waals surface area contributed by atoms with Gasteiger partial charge in [0.05, 0.1) is 23.7 Å². The summed E-state index contributed by atoms with van der Waals surface area (Å²) in [6, 6.07) is 2.00. The molecule has 116 valence electrons. The highest BCUT2D eigenvalue weighted by Gasteiger charge is 2.16. The van der Waals surface area contributed by atoms with Gasteiger partial charge < -0.3 is 20.4 Å². The van der Waals surface area contributed by atoms with Gasteiger partial charge in [0.15, 0.2) is 0 Å². The monoisotopic (exact) mass is 301 g/mol. The van der Waals surface area contributed by atoms with Gasteiger partial charge in [-0.3, -0.25) is 4.79 Å². The molecule has 0 unspecified atom stereocenters. The molecular formula is C15H19N5O2. The Morgan fingerprint density at radius 3 is 2.91 bits per heavy atom. The van der Waals surface area contributed by atoms with E-state index in [1.807, 2.05) is 13.0 Å². The van der Waals surface area contributed by atoms with Crippen molar-refractivity contribution in [1.29, 1.82) is 0 Å². The minimum absolute atomic E-state index is 0.135. The van der Waals surface area contributed by atoms with Crippen LogP contribution in [0.15, 0.2) is 12.3 Å². The molecule has 4 N–H and O–H groups in total. The first kappa shape index (κ1) is 14.5. The summed E-state index contributed by atoms with van der Waals surface area (Å²) in [6.45, 7) is 5.46. The quantitative estimate of drug-likeness (QED) is 0.580. The average molecular weight is 301 g/mol. The van der Waals surface area contributed by atoms with Gasteiger partial charge in [0.1, 0.15) is 17.0 Å². The van der Waals surface area contributed by atoms with Gasteiger partial charge in [0.2, 0.25) is 5.91 Å². The number of pyridine rings is 1. The number of fused-ring (bicyclic) bond motifs is 3. The Labute approximate surface area is 127 Å². The molecule has 0 bridgehead atoms. The highest BCUT2D eigenvalue weighted by atomic mass is 16.3. The molecule has 0 saturated heterocycles. The molecule has 7 nitrogen and oxygen atoms in total. The van der Waals surface area contributed by atoms with Crippen molar-refractivity contribution in [3.05, 3.63) is 23.8 Å². The maximum absolute atomic E-state index is 11.9. The van der Waals surface area contributed by atoms with Crippen LogP contribution in [0.4, 0.5) is 0 Å². The van der Waals surface area contributed by atoms with E-state index in [2.05, 4.69) is 25.3 Å². The number of amides is 1. The lowest BCUT2D eigenvalue weighted by Gasteiger charge is -2.17. The van der Waals surface area contributed by atoms with Crippen molar-refractivity contribution in [2.75, 3.05) is 6.54 Å². The highest BCUT2D eigenvalue weighted by Crippen LogP contribution is 2.22. The van der Waals surface area contributed by atoms with E-state index in [0.717, 1.165) is 27.8 Å². The number of aliphatic hydroxyl groups is 1. The Morgan fingerprint density at radius 1 is 1.41 bits per heavy atom. The molecule has 22 heavy (non-hydrogen) atoms. The van der Waals surface area contributed by atoms with Crippen molar-refractivity contribution in [3.63, 3.8) is 0 Å². The number of aromatic nitrogens is 4. The topological polar surface area (TPSA) is 107 Å². The molecule has 3 rings (SSSR count). The van der Waals surface area contributed by atoms with Crippen LogP contribution in [0.25, 0.3) is 22.1 Å². The van der Waals surface area contributed by atoms with Gasteiger partial charge in [-0.15, -0.1) is 0 Å². The van der Waals surface area contributed by atoms with Crippen LogP contribution in [-0.2, 0) is 11.2 Å². The molecule has 0 aliphatic rings. The Bertz CT molecular complexity index is 841. The van der Waals surface area contributed by atoms with Gasteiger partial charge in [-0.2, -0.15) is 0 Å². The zero-order valence-corrected chi connectivity index (χ0v) is 12.8. The number of H-pyrrole nitrogens is 2.